The number of benzene rings is 2. The third-order valence-corrected chi connectivity index (χ3v) is 5.17. The minimum Gasteiger partial charge on any atom is -0.494 e. The monoisotopic (exact) mass is 469 g/mol. The molecule has 7 nitrogen and oxygen atoms in total. The van der Waals surface area contributed by atoms with Crippen LogP contribution < -0.4 is 20.1 Å². The van der Waals surface area contributed by atoms with Crippen LogP contribution in [0.25, 0.3) is 0 Å². The summed E-state index contributed by atoms with van der Waals surface area (Å²) in [4.78, 5) is 28.2. The summed E-state index contributed by atoms with van der Waals surface area (Å²) in [6, 6.07) is 16.3. The molecule has 2 amide bonds. The normalized spacial score (nSPS) is 10.4. The average Bonchev–Trinajstić information content (AvgIpc) is 2.81. The van der Waals surface area contributed by atoms with Gasteiger partial charge in [-0.2, -0.15) is 0 Å². The molecule has 0 unspecified atom stereocenters. The van der Waals surface area contributed by atoms with Crippen LogP contribution in [0.3, 0.4) is 0 Å². The second kappa shape index (κ2) is 12.4. The largest absolute Gasteiger partial charge is 0.494 e. The molecular formula is C24H24FN3O4S. The first kappa shape index (κ1) is 24.1. The van der Waals surface area contributed by atoms with Crippen LogP contribution in [0.2, 0.25) is 0 Å². The molecule has 0 atom stereocenters. The van der Waals surface area contributed by atoms with Crippen molar-refractivity contribution in [2.45, 2.75) is 13.5 Å². The van der Waals surface area contributed by atoms with E-state index in [1.165, 1.54) is 36.0 Å². The molecule has 2 N–H and O–H groups in total. The van der Waals surface area contributed by atoms with Crippen LogP contribution in [0.15, 0.2) is 66.9 Å². The Balaban J connectivity index is 1.39. The Bertz CT molecular complexity index is 1060. The minimum absolute atomic E-state index is 0.111. The maximum Gasteiger partial charge on any atom is 0.234 e. The van der Waals surface area contributed by atoms with Crippen molar-refractivity contribution >= 4 is 29.3 Å². The van der Waals surface area contributed by atoms with E-state index in [0.717, 1.165) is 11.3 Å². The third-order valence-electron chi connectivity index (χ3n) is 4.24. The van der Waals surface area contributed by atoms with Crippen molar-refractivity contribution in [1.82, 2.24) is 10.3 Å². The number of hydrogen-bond acceptors (Lipinski definition) is 6. The SMILES string of the molecule is CCOc1ccc(Oc2cc(CNC(=O)CSCC(=O)Nc3ccc(F)cc3)ccn2)cc1. The molecule has 0 aliphatic rings. The zero-order valence-electron chi connectivity index (χ0n) is 18.0. The van der Waals surface area contributed by atoms with E-state index < -0.39 is 0 Å². The molecule has 2 aromatic carbocycles. The number of carbonyl (C=O) groups is 2. The van der Waals surface area contributed by atoms with E-state index in [9.17, 15) is 14.0 Å². The van der Waals surface area contributed by atoms with Gasteiger partial charge in [0.2, 0.25) is 17.7 Å². The fraction of sp³-hybridized carbons (Fsp3) is 0.208. The minimum atomic E-state index is -0.372. The van der Waals surface area contributed by atoms with Crippen molar-refractivity contribution in [3.05, 3.63) is 78.2 Å². The highest BCUT2D eigenvalue weighted by atomic mass is 32.2. The van der Waals surface area contributed by atoms with Crippen molar-refractivity contribution < 1.29 is 23.5 Å². The number of carbonyl (C=O) groups excluding carboxylic acids is 2. The molecule has 0 aliphatic heterocycles. The molecule has 3 aromatic rings. The standard InChI is InChI=1S/C24H24FN3O4S/c1-2-31-20-7-9-21(10-8-20)32-24-13-17(11-12-26-24)14-27-22(29)15-33-16-23(30)28-19-5-3-18(25)4-6-19/h3-13H,2,14-16H2,1H3,(H,27,29)(H,28,30). The lowest BCUT2D eigenvalue weighted by molar-refractivity contribution is -0.118. The van der Waals surface area contributed by atoms with E-state index in [1.807, 2.05) is 19.1 Å². The van der Waals surface area contributed by atoms with Crippen molar-refractivity contribution in [3.8, 4) is 17.4 Å². The van der Waals surface area contributed by atoms with Crippen LogP contribution in [0.4, 0.5) is 10.1 Å². The summed E-state index contributed by atoms with van der Waals surface area (Å²) >= 11 is 1.19. The highest BCUT2D eigenvalue weighted by Crippen LogP contribution is 2.23. The Kier molecular flexibility index (Phi) is 9.08. The van der Waals surface area contributed by atoms with Gasteiger partial charge in [-0.1, -0.05) is 0 Å². The zero-order valence-corrected chi connectivity index (χ0v) is 18.9. The van der Waals surface area contributed by atoms with Gasteiger partial charge in [-0.15, -0.1) is 11.8 Å². The number of ether oxygens (including phenoxy) is 2. The van der Waals surface area contributed by atoms with Crippen molar-refractivity contribution in [2.75, 3.05) is 23.4 Å². The van der Waals surface area contributed by atoms with Gasteiger partial charge < -0.3 is 20.1 Å². The van der Waals surface area contributed by atoms with E-state index in [0.29, 0.717) is 30.5 Å². The summed E-state index contributed by atoms with van der Waals surface area (Å²) in [5.74, 6) is 1.23. The predicted octanol–water partition coefficient (Wildman–Crippen LogP) is 4.40. The van der Waals surface area contributed by atoms with Crippen LogP contribution in [0.1, 0.15) is 12.5 Å². The molecule has 1 heterocycles. The summed E-state index contributed by atoms with van der Waals surface area (Å²) in [7, 11) is 0. The molecule has 0 bridgehead atoms. The number of anilines is 1. The lowest BCUT2D eigenvalue weighted by atomic mass is 10.2. The van der Waals surface area contributed by atoms with E-state index >= 15 is 0 Å². The van der Waals surface area contributed by atoms with Crippen molar-refractivity contribution in [2.24, 2.45) is 0 Å². The van der Waals surface area contributed by atoms with Crippen LogP contribution in [0, 0.1) is 5.82 Å². The third kappa shape index (κ3) is 8.46. The zero-order chi connectivity index (χ0) is 23.5. The second-order valence-corrected chi connectivity index (χ2v) is 7.82. The molecule has 3 rings (SSSR count). The van der Waals surface area contributed by atoms with Gasteiger partial charge in [0.1, 0.15) is 17.3 Å². The van der Waals surface area contributed by atoms with E-state index in [-0.39, 0.29) is 29.1 Å². The molecule has 9 heteroatoms. The van der Waals surface area contributed by atoms with E-state index in [1.54, 1.807) is 30.5 Å². The maximum atomic E-state index is 12.9. The quantitative estimate of drug-likeness (QED) is 0.433. The Morgan fingerprint density at radius 3 is 2.39 bits per heavy atom. The Morgan fingerprint density at radius 2 is 1.67 bits per heavy atom. The predicted molar refractivity (Wildman–Crippen MR) is 126 cm³/mol. The Labute approximate surface area is 195 Å². The first-order chi connectivity index (χ1) is 16.0. The lowest BCUT2D eigenvalue weighted by Crippen LogP contribution is -2.25. The van der Waals surface area contributed by atoms with Crippen molar-refractivity contribution in [3.63, 3.8) is 0 Å². The number of aromatic nitrogens is 1. The fourth-order valence-corrected chi connectivity index (χ4v) is 3.37. The fourth-order valence-electron chi connectivity index (χ4n) is 2.73. The van der Waals surface area contributed by atoms with Crippen LogP contribution >= 0.6 is 11.8 Å². The molecule has 0 aliphatic carbocycles. The highest BCUT2D eigenvalue weighted by Gasteiger charge is 2.07. The summed E-state index contributed by atoms with van der Waals surface area (Å²) in [5, 5.41) is 5.46. The molecule has 1 aromatic heterocycles. The maximum absolute atomic E-state index is 12.9. The first-order valence-corrected chi connectivity index (χ1v) is 11.4. The number of amides is 2. The van der Waals surface area contributed by atoms with Gasteiger partial charge >= 0.3 is 0 Å². The van der Waals surface area contributed by atoms with E-state index in [4.69, 9.17) is 9.47 Å². The highest BCUT2D eigenvalue weighted by molar-refractivity contribution is 8.00. The molecule has 0 saturated carbocycles. The van der Waals surface area contributed by atoms with Gasteiger partial charge in [-0.3, -0.25) is 9.59 Å². The molecule has 0 fully saturated rings. The first-order valence-electron chi connectivity index (χ1n) is 10.3. The van der Waals surface area contributed by atoms with Crippen LogP contribution in [-0.2, 0) is 16.1 Å². The number of pyridine rings is 1. The number of halogens is 1. The molecule has 172 valence electrons. The van der Waals surface area contributed by atoms with Crippen LogP contribution in [0.5, 0.6) is 17.4 Å². The molecular weight excluding hydrogens is 445 g/mol. The smallest absolute Gasteiger partial charge is 0.234 e. The number of nitrogens with one attached hydrogen (secondary N) is 2. The Morgan fingerprint density at radius 1 is 0.970 bits per heavy atom. The summed E-state index contributed by atoms with van der Waals surface area (Å²) < 4.78 is 24.1. The lowest BCUT2D eigenvalue weighted by Gasteiger charge is -2.09. The molecule has 33 heavy (non-hydrogen) atoms. The molecule has 0 spiro atoms. The van der Waals surface area contributed by atoms with Crippen molar-refractivity contribution in [1.29, 1.82) is 0 Å². The summed E-state index contributed by atoms with van der Waals surface area (Å²) in [5.41, 5.74) is 1.34. The van der Waals surface area contributed by atoms with E-state index in [2.05, 4.69) is 15.6 Å². The van der Waals surface area contributed by atoms with Gasteiger partial charge in [0.15, 0.2) is 0 Å². The number of rotatable bonds is 11. The molecule has 0 saturated heterocycles. The topological polar surface area (TPSA) is 89.5 Å². The second-order valence-electron chi connectivity index (χ2n) is 6.83. The number of thioether (sulfide) groups is 1. The van der Waals surface area contributed by atoms with Gasteiger partial charge in [0.05, 0.1) is 18.1 Å². The average molecular weight is 470 g/mol. The summed E-state index contributed by atoms with van der Waals surface area (Å²) in [6.45, 7) is 2.82. The number of nitrogens with zero attached hydrogens (tertiary/aromatic N) is 1. The van der Waals surface area contributed by atoms with Gasteiger partial charge in [0.25, 0.3) is 0 Å². The van der Waals surface area contributed by atoms with Gasteiger partial charge in [-0.25, -0.2) is 9.37 Å². The van der Waals surface area contributed by atoms with Crippen LogP contribution in [-0.4, -0.2) is 34.9 Å². The molecule has 0 radical (unpaired) electrons. The Hall–Kier alpha value is -3.59. The van der Waals surface area contributed by atoms with Gasteiger partial charge in [0, 0.05) is 24.5 Å². The van der Waals surface area contributed by atoms with Gasteiger partial charge in [-0.05, 0) is 67.1 Å². The number of hydrogen-bond donors (Lipinski definition) is 2. The summed E-state index contributed by atoms with van der Waals surface area (Å²) in [6.07, 6.45) is 1.61.